The second-order valence-electron chi connectivity index (χ2n) is 5.51. The van der Waals surface area contributed by atoms with Crippen molar-refractivity contribution in [3.8, 4) is 0 Å². The highest BCUT2D eigenvalue weighted by Crippen LogP contribution is 2.33. The third-order valence-electron chi connectivity index (χ3n) is 4.08. The number of hydrogen-bond acceptors (Lipinski definition) is 5. The zero-order chi connectivity index (χ0) is 15.7. The van der Waals surface area contributed by atoms with Gasteiger partial charge >= 0.3 is 0 Å². The highest BCUT2D eigenvalue weighted by molar-refractivity contribution is 7.89. The van der Waals surface area contributed by atoms with E-state index in [0.29, 0.717) is 13.2 Å². The fraction of sp³-hybridized carbons (Fsp3) is 0.500. The Morgan fingerprint density at radius 2 is 1.77 bits per heavy atom. The molecular formula is C14H19N3O4S. The Labute approximate surface area is 129 Å². The number of para-hydroxylation sites is 2. The second kappa shape index (κ2) is 5.86. The smallest absolute Gasteiger partial charge is 0.228 e. The predicted octanol–water partition coefficient (Wildman–Crippen LogP) is -0.0830. The quantitative estimate of drug-likeness (QED) is 0.839. The maximum absolute atomic E-state index is 12.2. The minimum atomic E-state index is -3.71. The topological polar surface area (TPSA) is 92.9 Å². The summed E-state index contributed by atoms with van der Waals surface area (Å²) in [6.07, 6.45) is -0.0592. The molecule has 2 aliphatic heterocycles. The number of amides is 1. The van der Waals surface area contributed by atoms with Crippen molar-refractivity contribution in [1.82, 2.24) is 0 Å². The van der Waals surface area contributed by atoms with Gasteiger partial charge < -0.3 is 14.5 Å². The Bertz CT molecular complexity index is 670. The number of benzene rings is 1. The SMILES string of the molecule is NS(=O)(=O)C1CC(=O)N(c2ccccc2N2CCOCC2)C1. The molecule has 120 valence electrons. The van der Waals surface area contributed by atoms with Crippen molar-refractivity contribution in [2.24, 2.45) is 5.14 Å². The van der Waals surface area contributed by atoms with Crippen molar-refractivity contribution in [2.75, 3.05) is 42.6 Å². The van der Waals surface area contributed by atoms with Gasteiger partial charge in [-0.05, 0) is 12.1 Å². The normalized spacial score (nSPS) is 23.1. The van der Waals surface area contributed by atoms with Gasteiger partial charge in [-0.3, -0.25) is 4.79 Å². The van der Waals surface area contributed by atoms with E-state index in [0.717, 1.165) is 24.5 Å². The van der Waals surface area contributed by atoms with Crippen LogP contribution in [0.4, 0.5) is 11.4 Å². The molecule has 1 atom stereocenters. The molecule has 1 aromatic rings. The summed E-state index contributed by atoms with van der Waals surface area (Å²) >= 11 is 0. The lowest BCUT2D eigenvalue weighted by Gasteiger charge is -2.32. The van der Waals surface area contributed by atoms with Gasteiger partial charge in [0.2, 0.25) is 15.9 Å². The molecule has 1 amide bonds. The lowest BCUT2D eigenvalue weighted by Crippen LogP contribution is -2.38. The number of ether oxygens (including phenoxy) is 1. The third-order valence-corrected chi connectivity index (χ3v) is 5.32. The standard InChI is InChI=1S/C14H19N3O4S/c15-22(19,20)11-9-14(18)17(10-11)13-4-2-1-3-12(13)16-5-7-21-8-6-16/h1-4,11H,5-10H2,(H2,15,19,20). The minimum Gasteiger partial charge on any atom is -0.378 e. The van der Waals surface area contributed by atoms with E-state index in [1.807, 2.05) is 24.3 Å². The zero-order valence-electron chi connectivity index (χ0n) is 12.1. The van der Waals surface area contributed by atoms with Crippen molar-refractivity contribution in [2.45, 2.75) is 11.7 Å². The summed E-state index contributed by atoms with van der Waals surface area (Å²) in [5, 5.41) is 4.36. The van der Waals surface area contributed by atoms with Gasteiger partial charge in [0.25, 0.3) is 0 Å². The van der Waals surface area contributed by atoms with Crippen LogP contribution in [0, 0.1) is 0 Å². The molecule has 0 radical (unpaired) electrons. The number of anilines is 2. The van der Waals surface area contributed by atoms with Crippen LogP contribution >= 0.6 is 0 Å². The van der Waals surface area contributed by atoms with Crippen molar-refractivity contribution >= 4 is 27.3 Å². The molecule has 8 heteroatoms. The third kappa shape index (κ3) is 2.94. The van der Waals surface area contributed by atoms with Gasteiger partial charge in [-0.2, -0.15) is 0 Å². The number of morpholine rings is 1. The molecule has 7 nitrogen and oxygen atoms in total. The molecule has 0 bridgehead atoms. The maximum Gasteiger partial charge on any atom is 0.228 e. The number of carbonyl (C=O) groups is 1. The van der Waals surface area contributed by atoms with E-state index >= 15 is 0 Å². The van der Waals surface area contributed by atoms with Crippen LogP contribution < -0.4 is 14.9 Å². The lowest BCUT2D eigenvalue weighted by atomic mass is 10.2. The Hall–Kier alpha value is -1.64. The summed E-state index contributed by atoms with van der Waals surface area (Å²) in [6.45, 7) is 2.89. The lowest BCUT2D eigenvalue weighted by molar-refractivity contribution is -0.117. The molecule has 2 saturated heterocycles. The first-order chi connectivity index (χ1) is 10.5. The molecule has 2 heterocycles. The Morgan fingerprint density at radius 1 is 1.14 bits per heavy atom. The van der Waals surface area contributed by atoms with Crippen LogP contribution in [0.3, 0.4) is 0 Å². The Balaban J connectivity index is 1.90. The van der Waals surface area contributed by atoms with Crippen molar-refractivity contribution in [1.29, 1.82) is 0 Å². The molecule has 1 unspecified atom stereocenters. The van der Waals surface area contributed by atoms with E-state index in [4.69, 9.17) is 9.88 Å². The Morgan fingerprint density at radius 3 is 2.36 bits per heavy atom. The first-order valence-corrected chi connectivity index (χ1v) is 8.81. The van der Waals surface area contributed by atoms with Crippen molar-refractivity contribution < 1.29 is 17.9 Å². The van der Waals surface area contributed by atoms with Crippen LogP contribution in [0.5, 0.6) is 0 Å². The number of nitrogens with zero attached hydrogens (tertiary/aromatic N) is 2. The summed E-state index contributed by atoms with van der Waals surface area (Å²) in [6, 6.07) is 7.54. The average molecular weight is 325 g/mol. The molecule has 3 rings (SSSR count). The average Bonchev–Trinajstić information content (AvgIpc) is 2.90. The van der Waals surface area contributed by atoms with Crippen LogP contribution in [0.15, 0.2) is 24.3 Å². The van der Waals surface area contributed by atoms with Gasteiger partial charge in [0.1, 0.15) is 5.25 Å². The van der Waals surface area contributed by atoms with Gasteiger partial charge in [0.15, 0.2) is 0 Å². The first kappa shape index (κ1) is 15.3. The summed E-state index contributed by atoms with van der Waals surface area (Å²) in [7, 11) is -3.71. The molecule has 1 aromatic carbocycles. The van der Waals surface area contributed by atoms with Crippen molar-refractivity contribution in [3.05, 3.63) is 24.3 Å². The van der Waals surface area contributed by atoms with Gasteiger partial charge in [-0.25, -0.2) is 13.6 Å². The van der Waals surface area contributed by atoms with Crippen LogP contribution in [-0.2, 0) is 19.6 Å². The largest absolute Gasteiger partial charge is 0.378 e. The zero-order valence-corrected chi connectivity index (χ0v) is 13.0. The first-order valence-electron chi connectivity index (χ1n) is 7.20. The van der Waals surface area contributed by atoms with E-state index in [2.05, 4.69) is 4.90 Å². The van der Waals surface area contributed by atoms with Gasteiger partial charge in [0, 0.05) is 26.1 Å². The highest BCUT2D eigenvalue weighted by Gasteiger charge is 2.38. The molecule has 2 aliphatic rings. The van der Waals surface area contributed by atoms with Gasteiger partial charge in [-0.15, -0.1) is 0 Å². The van der Waals surface area contributed by atoms with E-state index < -0.39 is 15.3 Å². The van der Waals surface area contributed by atoms with Crippen LogP contribution in [0.2, 0.25) is 0 Å². The van der Waals surface area contributed by atoms with E-state index in [1.54, 1.807) is 0 Å². The number of carbonyl (C=O) groups excluding carboxylic acids is 1. The molecule has 0 spiro atoms. The molecule has 0 aromatic heterocycles. The fourth-order valence-corrected chi connectivity index (χ4v) is 3.62. The summed E-state index contributed by atoms with van der Waals surface area (Å²) in [5.41, 5.74) is 1.66. The molecule has 2 fully saturated rings. The molecule has 2 N–H and O–H groups in total. The van der Waals surface area contributed by atoms with Gasteiger partial charge in [0.05, 0.1) is 24.6 Å². The van der Waals surface area contributed by atoms with Crippen LogP contribution in [0.1, 0.15) is 6.42 Å². The van der Waals surface area contributed by atoms with Crippen LogP contribution in [0.25, 0.3) is 0 Å². The molecule has 0 saturated carbocycles. The fourth-order valence-electron chi connectivity index (χ4n) is 2.89. The molecule has 0 aliphatic carbocycles. The maximum atomic E-state index is 12.2. The molecular weight excluding hydrogens is 306 g/mol. The summed E-state index contributed by atoms with van der Waals surface area (Å²) in [4.78, 5) is 15.9. The molecule has 22 heavy (non-hydrogen) atoms. The number of nitrogens with two attached hydrogens (primary N) is 1. The number of sulfonamides is 1. The second-order valence-corrected chi connectivity index (χ2v) is 7.35. The monoisotopic (exact) mass is 325 g/mol. The number of hydrogen-bond donors (Lipinski definition) is 1. The highest BCUT2D eigenvalue weighted by atomic mass is 32.2. The van der Waals surface area contributed by atoms with Gasteiger partial charge in [-0.1, -0.05) is 12.1 Å². The minimum absolute atomic E-state index is 0.0592. The van der Waals surface area contributed by atoms with Crippen molar-refractivity contribution in [3.63, 3.8) is 0 Å². The van der Waals surface area contributed by atoms with Crippen LogP contribution in [-0.4, -0.2) is 52.4 Å². The number of primary sulfonamides is 1. The number of rotatable bonds is 3. The van der Waals surface area contributed by atoms with E-state index in [-0.39, 0.29) is 18.9 Å². The Kier molecular flexibility index (Phi) is 4.07. The summed E-state index contributed by atoms with van der Waals surface area (Å²) < 4.78 is 28.4. The predicted molar refractivity (Wildman–Crippen MR) is 83.3 cm³/mol. The van der Waals surface area contributed by atoms with E-state index in [9.17, 15) is 13.2 Å². The summed E-state index contributed by atoms with van der Waals surface area (Å²) in [5.74, 6) is -0.209. The van der Waals surface area contributed by atoms with E-state index in [1.165, 1.54) is 4.90 Å².